The Labute approximate surface area is 116 Å². The van der Waals surface area contributed by atoms with Crippen LogP contribution in [-0.4, -0.2) is 7.05 Å². The van der Waals surface area contributed by atoms with Crippen molar-refractivity contribution >= 4 is 11.4 Å². The topological polar surface area (TPSA) is 3.24 Å². The Bertz CT molecular complexity index is 567. The van der Waals surface area contributed by atoms with E-state index in [4.69, 9.17) is 0 Å². The zero-order valence-corrected chi connectivity index (χ0v) is 12.6. The fraction of sp³-hybridized carbons (Fsp3) is 0.333. The van der Waals surface area contributed by atoms with E-state index in [0.29, 0.717) is 0 Å². The van der Waals surface area contributed by atoms with Crippen LogP contribution in [0.4, 0.5) is 11.4 Å². The van der Waals surface area contributed by atoms with Gasteiger partial charge in [-0.1, -0.05) is 30.7 Å². The van der Waals surface area contributed by atoms with Crippen LogP contribution in [0.2, 0.25) is 0 Å². The van der Waals surface area contributed by atoms with Gasteiger partial charge in [-0.15, -0.1) is 0 Å². The Hall–Kier alpha value is -1.76. The van der Waals surface area contributed by atoms with E-state index in [1.807, 2.05) is 0 Å². The number of hydrogen-bond donors (Lipinski definition) is 0. The smallest absolute Gasteiger partial charge is 0.0440 e. The predicted octanol–water partition coefficient (Wildman–Crippen LogP) is 4.94. The minimum absolute atomic E-state index is 1.08. The minimum atomic E-state index is 1.08. The number of hydrogen-bond acceptors (Lipinski definition) is 1. The molecule has 2 rings (SSSR count). The molecule has 0 aromatic heterocycles. The molecule has 2 aromatic rings. The molecule has 0 amide bonds. The number of anilines is 2. The SMILES string of the molecule is CCc1cc(N(C)c2ccc(C)cc2)c(C)cc1C. The highest BCUT2D eigenvalue weighted by Crippen LogP contribution is 2.29. The van der Waals surface area contributed by atoms with Gasteiger partial charge in [0.25, 0.3) is 0 Å². The Balaban J connectivity index is 2.43. The van der Waals surface area contributed by atoms with Crippen molar-refractivity contribution in [2.75, 3.05) is 11.9 Å². The second kappa shape index (κ2) is 5.48. The largest absolute Gasteiger partial charge is 0.344 e. The van der Waals surface area contributed by atoms with Gasteiger partial charge in [-0.3, -0.25) is 0 Å². The van der Waals surface area contributed by atoms with Crippen molar-refractivity contribution in [3.8, 4) is 0 Å². The molecule has 2 aromatic carbocycles. The zero-order chi connectivity index (χ0) is 14.0. The number of nitrogens with zero attached hydrogens (tertiary/aromatic N) is 1. The lowest BCUT2D eigenvalue weighted by molar-refractivity contribution is 1.08. The van der Waals surface area contributed by atoms with Gasteiger partial charge in [0.15, 0.2) is 0 Å². The standard InChI is InChI=1S/C18H23N/c1-6-16-12-18(15(4)11-14(16)3)19(5)17-9-7-13(2)8-10-17/h7-12H,6H2,1-5H3. The van der Waals surface area contributed by atoms with Gasteiger partial charge in [0.1, 0.15) is 0 Å². The van der Waals surface area contributed by atoms with E-state index < -0.39 is 0 Å². The quantitative estimate of drug-likeness (QED) is 0.748. The van der Waals surface area contributed by atoms with Crippen molar-refractivity contribution in [3.63, 3.8) is 0 Å². The lowest BCUT2D eigenvalue weighted by atomic mass is 10.0. The van der Waals surface area contributed by atoms with Gasteiger partial charge in [-0.2, -0.15) is 0 Å². The fourth-order valence-electron chi connectivity index (χ4n) is 2.53. The Morgan fingerprint density at radius 3 is 2.11 bits per heavy atom. The van der Waals surface area contributed by atoms with Crippen LogP contribution in [0.25, 0.3) is 0 Å². The van der Waals surface area contributed by atoms with E-state index >= 15 is 0 Å². The maximum atomic E-state index is 2.32. The number of aryl methyl sites for hydroxylation is 4. The van der Waals surface area contributed by atoms with E-state index in [1.54, 1.807) is 0 Å². The summed E-state index contributed by atoms with van der Waals surface area (Å²) < 4.78 is 0. The van der Waals surface area contributed by atoms with Crippen molar-refractivity contribution in [1.29, 1.82) is 0 Å². The third-order valence-corrected chi connectivity index (χ3v) is 3.82. The van der Waals surface area contributed by atoms with Crippen LogP contribution in [0.15, 0.2) is 36.4 Å². The van der Waals surface area contributed by atoms with E-state index in [1.165, 1.54) is 33.6 Å². The molecule has 0 aliphatic carbocycles. The number of benzene rings is 2. The van der Waals surface area contributed by atoms with Crippen LogP contribution < -0.4 is 4.90 Å². The van der Waals surface area contributed by atoms with E-state index in [0.717, 1.165) is 6.42 Å². The van der Waals surface area contributed by atoms with Crippen LogP contribution in [0.3, 0.4) is 0 Å². The molecule has 0 aliphatic heterocycles. The summed E-state index contributed by atoms with van der Waals surface area (Å²) >= 11 is 0. The van der Waals surface area contributed by atoms with Gasteiger partial charge in [0.2, 0.25) is 0 Å². The molecule has 0 bridgehead atoms. The molecular formula is C18H23N. The van der Waals surface area contributed by atoms with Crippen LogP contribution in [0.1, 0.15) is 29.2 Å². The van der Waals surface area contributed by atoms with Gasteiger partial charge in [0.05, 0.1) is 0 Å². The maximum absolute atomic E-state index is 2.32. The summed E-state index contributed by atoms with van der Waals surface area (Å²) in [5, 5.41) is 0. The molecule has 0 heterocycles. The molecule has 0 spiro atoms. The van der Waals surface area contributed by atoms with E-state index in [2.05, 4.69) is 76.0 Å². The molecule has 0 saturated carbocycles. The van der Waals surface area contributed by atoms with Crippen molar-refractivity contribution in [2.45, 2.75) is 34.1 Å². The molecule has 0 N–H and O–H groups in total. The third-order valence-electron chi connectivity index (χ3n) is 3.82. The molecule has 0 atom stereocenters. The molecule has 1 nitrogen and oxygen atoms in total. The zero-order valence-electron chi connectivity index (χ0n) is 12.6. The molecular weight excluding hydrogens is 230 g/mol. The number of rotatable bonds is 3. The van der Waals surface area contributed by atoms with Crippen LogP contribution in [-0.2, 0) is 6.42 Å². The first kappa shape index (κ1) is 13.7. The summed E-state index contributed by atoms with van der Waals surface area (Å²) in [4.78, 5) is 2.27. The lowest BCUT2D eigenvalue weighted by Gasteiger charge is -2.23. The summed E-state index contributed by atoms with van der Waals surface area (Å²) in [6.07, 6.45) is 1.08. The Kier molecular flexibility index (Phi) is 3.94. The molecule has 0 radical (unpaired) electrons. The average Bonchev–Trinajstić information content (AvgIpc) is 2.39. The van der Waals surface area contributed by atoms with Gasteiger partial charge in [-0.05, 0) is 62.1 Å². The highest BCUT2D eigenvalue weighted by atomic mass is 15.1. The average molecular weight is 253 g/mol. The second-order valence-electron chi connectivity index (χ2n) is 5.31. The Morgan fingerprint density at radius 2 is 1.53 bits per heavy atom. The van der Waals surface area contributed by atoms with Crippen LogP contribution >= 0.6 is 0 Å². The van der Waals surface area contributed by atoms with Gasteiger partial charge in [-0.25, -0.2) is 0 Å². The summed E-state index contributed by atoms with van der Waals surface area (Å²) in [5.41, 5.74) is 7.98. The molecule has 100 valence electrons. The van der Waals surface area contributed by atoms with E-state index in [-0.39, 0.29) is 0 Å². The van der Waals surface area contributed by atoms with Gasteiger partial charge in [0, 0.05) is 18.4 Å². The van der Waals surface area contributed by atoms with Crippen molar-refractivity contribution in [3.05, 3.63) is 58.7 Å². The highest BCUT2D eigenvalue weighted by molar-refractivity contribution is 5.67. The predicted molar refractivity (Wildman–Crippen MR) is 84.5 cm³/mol. The first-order valence-corrected chi connectivity index (χ1v) is 6.93. The van der Waals surface area contributed by atoms with Crippen molar-refractivity contribution < 1.29 is 0 Å². The van der Waals surface area contributed by atoms with Crippen molar-refractivity contribution in [1.82, 2.24) is 0 Å². The van der Waals surface area contributed by atoms with E-state index in [9.17, 15) is 0 Å². The first-order valence-electron chi connectivity index (χ1n) is 6.93. The Morgan fingerprint density at radius 1 is 0.895 bits per heavy atom. The monoisotopic (exact) mass is 253 g/mol. The highest BCUT2D eigenvalue weighted by Gasteiger charge is 2.09. The molecule has 0 unspecified atom stereocenters. The lowest BCUT2D eigenvalue weighted by Crippen LogP contribution is -2.11. The summed E-state index contributed by atoms with van der Waals surface area (Å²) in [6, 6.07) is 13.3. The third kappa shape index (κ3) is 2.81. The molecule has 1 heteroatoms. The molecule has 19 heavy (non-hydrogen) atoms. The van der Waals surface area contributed by atoms with Crippen LogP contribution in [0.5, 0.6) is 0 Å². The maximum Gasteiger partial charge on any atom is 0.0440 e. The summed E-state index contributed by atoms with van der Waals surface area (Å²) in [6.45, 7) is 8.72. The fourth-order valence-corrected chi connectivity index (χ4v) is 2.53. The minimum Gasteiger partial charge on any atom is -0.344 e. The van der Waals surface area contributed by atoms with Gasteiger partial charge >= 0.3 is 0 Å². The summed E-state index contributed by atoms with van der Waals surface area (Å²) in [5.74, 6) is 0. The van der Waals surface area contributed by atoms with Crippen molar-refractivity contribution in [2.24, 2.45) is 0 Å². The van der Waals surface area contributed by atoms with Crippen LogP contribution in [0, 0.1) is 20.8 Å². The summed E-state index contributed by atoms with van der Waals surface area (Å²) in [7, 11) is 2.14. The molecule has 0 fully saturated rings. The second-order valence-corrected chi connectivity index (χ2v) is 5.31. The molecule has 0 aliphatic rings. The first-order chi connectivity index (χ1) is 9.02. The molecule has 0 saturated heterocycles. The normalized spacial score (nSPS) is 10.6. The van der Waals surface area contributed by atoms with Gasteiger partial charge < -0.3 is 4.90 Å².